The first-order valence-electron chi connectivity index (χ1n) is 5.65. The molecule has 0 N–H and O–H groups in total. The molecule has 0 aliphatic heterocycles. The standard InChI is InChI=1S/C14H19NO2/c1-14(2,3)17-13(16)12(15-4)10-11-8-6-5-7-9-11/h5-9,12H,4,10H2,1-3H3/t12-/m0/s1. The fourth-order valence-corrected chi connectivity index (χ4v) is 1.43. The van der Waals surface area contributed by atoms with Gasteiger partial charge in [0, 0.05) is 6.42 Å². The lowest BCUT2D eigenvalue weighted by Crippen LogP contribution is -2.32. The molecule has 3 nitrogen and oxygen atoms in total. The van der Waals surface area contributed by atoms with E-state index in [1.807, 2.05) is 51.1 Å². The summed E-state index contributed by atoms with van der Waals surface area (Å²) in [5.41, 5.74) is 0.562. The third-order valence-electron chi connectivity index (χ3n) is 2.17. The van der Waals surface area contributed by atoms with Crippen LogP contribution in [0.25, 0.3) is 0 Å². The average Bonchev–Trinajstić information content (AvgIpc) is 2.24. The van der Waals surface area contributed by atoms with Crippen molar-refractivity contribution < 1.29 is 9.53 Å². The van der Waals surface area contributed by atoms with E-state index in [1.54, 1.807) is 0 Å². The van der Waals surface area contributed by atoms with Crippen molar-refractivity contribution >= 4 is 12.7 Å². The van der Waals surface area contributed by atoms with Gasteiger partial charge in [-0.2, -0.15) is 0 Å². The van der Waals surface area contributed by atoms with Crippen LogP contribution in [0.15, 0.2) is 35.3 Å². The zero-order valence-electron chi connectivity index (χ0n) is 10.6. The van der Waals surface area contributed by atoms with Crippen molar-refractivity contribution in [3.8, 4) is 0 Å². The van der Waals surface area contributed by atoms with Crippen molar-refractivity contribution in [2.45, 2.75) is 38.8 Å². The highest BCUT2D eigenvalue weighted by Crippen LogP contribution is 2.12. The second kappa shape index (κ2) is 5.62. The fourth-order valence-electron chi connectivity index (χ4n) is 1.43. The molecule has 92 valence electrons. The Morgan fingerprint density at radius 3 is 2.41 bits per heavy atom. The molecule has 0 saturated heterocycles. The maximum Gasteiger partial charge on any atom is 0.331 e. The Hall–Kier alpha value is -1.64. The summed E-state index contributed by atoms with van der Waals surface area (Å²) in [7, 11) is 0. The van der Waals surface area contributed by atoms with Gasteiger partial charge in [0.05, 0.1) is 0 Å². The molecule has 1 rings (SSSR count). The number of carbonyl (C=O) groups excluding carboxylic acids is 1. The highest BCUT2D eigenvalue weighted by molar-refractivity contribution is 5.77. The van der Waals surface area contributed by atoms with Gasteiger partial charge in [-0.05, 0) is 33.1 Å². The minimum absolute atomic E-state index is 0.323. The zero-order valence-corrected chi connectivity index (χ0v) is 10.6. The van der Waals surface area contributed by atoms with Crippen molar-refractivity contribution in [2.24, 2.45) is 4.99 Å². The number of hydrogen-bond acceptors (Lipinski definition) is 3. The maximum atomic E-state index is 11.8. The van der Waals surface area contributed by atoms with E-state index in [4.69, 9.17) is 4.74 Å². The van der Waals surface area contributed by atoms with E-state index < -0.39 is 11.6 Å². The number of benzene rings is 1. The number of carbonyl (C=O) groups is 1. The number of esters is 1. The third-order valence-corrected chi connectivity index (χ3v) is 2.17. The molecule has 0 aliphatic rings. The first kappa shape index (κ1) is 13.4. The summed E-state index contributed by atoms with van der Waals surface area (Å²) in [6, 6.07) is 9.20. The fraction of sp³-hybridized carbons (Fsp3) is 0.429. The Kier molecular flexibility index (Phi) is 4.44. The van der Waals surface area contributed by atoms with E-state index in [-0.39, 0.29) is 5.97 Å². The van der Waals surface area contributed by atoms with E-state index in [0.29, 0.717) is 6.42 Å². The van der Waals surface area contributed by atoms with Crippen LogP contribution in [0.4, 0.5) is 0 Å². The van der Waals surface area contributed by atoms with Gasteiger partial charge in [0.2, 0.25) is 0 Å². The molecule has 0 spiro atoms. The van der Waals surface area contributed by atoms with Gasteiger partial charge in [-0.25, -0.2) is 4.79 Å². The second-order valence-electron chi connectivity index (χ2n) is 4.92. The molecule has 1 aromatic carbocycles. The maximum absolute atomic E-state index is 11.8. The topological polar surface area (TPSA) is 38.7 Å². The number of hydrogen-bond donors (Lipinski definition) is 0. The molecule has 0 aromatic heterocycles. The van der Waals surface area contributed by atoms with Gasteiger partial charge < -0.3 is 4.74 Å². The molecule has 0 saturated carbocycles. The predicted octanol–water partition coefficient (Wildman–Crippen LogP) is 2.64. The zero-order chi connectivity index (χ0) is 12.9. The van der Waals surface area contributed by atoms with Crippen LogP contribution in [0.3, 0.4) is 0 Å². The van der Waals surface area contributed by atoms with Crippen molar-refractivity contribution in [1.29, 1.82) is 0 Å². The molecule has 17 heavy (non-hydrogen) atoms. The molecule has 0 unspecified atom stereocenters. The van der Waals surface area contributed by atoms with Crippen molar-refractivity contribution in [1.82, 2.24) is 0 Å². The number of nitrogens with zero attached hydrogens (tertiary/aromatic N) is 1. The SMILES string of the molecule is C=N[C@@H](Cc1ccccc1)C(=O)OC(C)(C)C. The Morgan fingerprint density at radius 2 is 1.94 bits per heavy atom. The van der Waals surface area contributed by atoms with Crippen LogP contribution in [-0.2, 0) is 16.0 Å². The Bertz CT molecular complexity index is 379. The smallest absolute Gasteiger partial charge is 0.331 e. The lowest BCUT2D eigenvalue weighted by Gasteiger charge is -2.22. The highest BCUT2D eigenvalue weighted by Gasteiger charge is 2.24. The molecular formula is C14H19NO2. The summed E-state index contributed by atoms with van der Waals surface area (Å²) >= 11 is 0. The normalized spacial score (nSPS) is 12.9. The Morgan fingerprint density at radius 1 is 1.35 bits per heavy atom. The van der Waals surface area contributed by atoms with Gasteiger partial charge in [-0.15, -0.1) is 0 Å². The Labute approximate surface area is 103 Å². The van der Waals surface area contributed by atoms with E-state index in [0.717, 1.165) is 5.56 Å². The molecule has 1 aromatic rings. The average molecular weight is 233 g/mol. The summed E-state index contributed by atoms with van der Waals surface area (Å²) in [6.45, 7) is 8.98. The summed E-state index contributed by atoms with van der Waals surface area (Å²) in [6.07, 6.45) is 0.527. The first-order valence-corrected chi connectivity index (χ1v) is 5.65. The van der Waals surface area contributed by atoms with Crippen LogP contribution >= 0.6 is 0 Å². The second-order valence-corrected chi connectivity index (χ2v) is 4.92. The molecule has 0 amide bonds. The number of rotatable bonds is 4. The summed E-state index contributed by atoms with van der Waals surface area (Å²) in [5, 5.41) is 0. The van der Waals surface area contributed by atoms with Crippen LogP contribution in [0.1, 0.15) is 26.3 Å². The summed E-state index contributed by atoms with van der Waals surface area (Å²) in [5.74, 6) is -0.323. The van der Waals surface area contributed by atoms with Crippen molar-refractivity contribution in [2.75, 3.05) is 0 Å². The minimum atomic E-state index is -0.531. The van der Waals surface area contributed by atoms with Crippen LogP contribution < -0.4 is 0 Å². The van der Waals surface area contributed by atoms with Gasteiger partial charge in [0.25, 0.3) is 0 Å². The summed E-state index contributed by atoms with van der Waals surface area (Å²) < 4.78 is 5.29. The van der Waals surface area contributed by atoms with Gasteiger partial charge in [0.15, 0.2) is 6.04 Å². The quantitative estimate of drug-likeness (QED) is 0.592. The number of aliphatic imine (C=N–C) groups is 1. The van der Waals surface area contributed by atoms with Crippen molar-refractivity contribution in [3.63, 3.8) is 0 Å². The highest BCUT2D eigenvalue weighted by atomic mass is 16.6. The molecule has 0 bridgehead atoms. The molecule has 0 fully saturated rings. The largest absolute Gasteiger partial charge is 0.458 e. The van der Waals surface area contributed by atoms with Crippen molar-refractivity contribution in [3.05, 3.63) is 35.9 Å². The van der Waals surface area contributed by atoms with E-state index in [2.05, 4.69) is 11.7 Å². The molecular weight excluding hydrogens is 214 g/mol. The third kappa shape index (κ3) is 4.81. The molecule has 0 aliphatic carbocycles. The first-order chi connectivity index (χ1) is 7.92. The van der Waals surface area contributed by atoms with Crippen LogP contribution in [0.5, 0.6) is 0 Å². The molecule has 3 heteroatoms. The summed E-state index contributed by atoms with van der Waals surface area (Å²) in [4.78, 5) is 15.7. The van der Waals surface area contributed by atoms with Gasteiger partial charge in [-0.1, -0.05) is 30.3 Å². The molecule has 0 radical (unpaired) electrons. The van der Waals surface area contributed by atoms with Gasteiger partial charge >= 0.3 is 5.97 Å². The minimum Gasteiger partial charge on any atom is -0.458 e. The molecule has 0 heterocycles. The Balaban J connectivity index is 2.66. The van der Waals surface area contributed by atoms with Gasteiger partial charge in [-0.3, -0.25) is 4.99 Å². The van der Waals surface area contributed by atoms with E-state index >= 15 is 0 Å². The van der Waals surface area contributed by atoms with Crippen LogP contribution in [0, 0.1) is 0 Å². The van der Waals surface area contributed by atoms with Crippen LogP contribution in [0.2, 0.25) is 0 Å². The lowest BCUT2D eigenvalue weighted by molar-refractivity contribution is -0.156. The van der Waals surface area contributed by atoms with E-state index in [1.165, 1.54) is 0 Å². The number of ether oxygens (including phenoxy) is 1. The van der Waals surface area contributed by atoms with E-state index in [9.17, 15) is 4.79 Å². The lowest BCUT2D eigenvalue weighted by atomic mass is 10.1. The van der Waals surface area contributed by atoms with Crippen LogP contribution in [-0.4, -0.2) is 24.3 Å². The predicted molar refractivity (Wildman–Crippen MR) is 69.3 cm³/mol. The molecule has 1 atom stereocenters. The monoisotopic (exact) mass is 233 g/mol. The van der Waals surface area contributed by atoms with Gasteiger partial charge in [0.1, 0.15) is 5.60 Å².